The summed E-state index contributed by atoms with van der Waals surface area (Å²) in [6.07, 6.45) is 0. The number of fused-ring (bicyclic) bond motifs is 4. The van der Waals surface area contributed by atoms with Crippen LogP contribution in [0.3, 0.4) is 0 Å². The molecule has 11 aromatic rings. The third-order valence-corrected chi connectivity index (χ3v) is 11.7. The van der Waals surface area contributed by atoms with Crippen molar-refractivity contribution in [2.45, 2.75) is 0 Å². The van der Waals surface area contributed by atoms with Gasteiger partial charge in [-0.15, -0.1) is 0 Å². The molecule has 0 fully saturated rings. The van der Waals surface area contributed by atoms with Gasteiger partial charge in [0, 0.05) is 33.4 Å². The van der Waals surface area contributed by atoms with Gasteiger partial charge >= 0.3 is 0 Å². The van der Waals surface area contributed by atoms with E-state index in [1.165, 1.54) is 33.0 Å². The van der Waals surface area contributed by atoms with Gasteiger partial charge in [0.1, 0.15) is 11.2 Å². The summed E-state index contributed by atoms with van der Waals surface area (Å²) >= 11 is 0. The molecule has 0 spiro atoms. The Labute approximate surface area is 349 Å². The Morgan fingerprint density at radius 1 is 0.267 bits per heavy atom. The molecule has 0 aliphatic heterocycles. The molecule has 0 aliphatic carbocycles. The molecule has 0 unspecified atom stereocenters. The molecule has 1 aromatic heterocycles. The molecule has 0 saturated heterocycles. The number of hydrogen-bond acceptors (Lipinski definition) is 2. The summed E-state index contributed by atoms with van der Waals surface area (Å²) in [4.78, 5) is 2.35. The van der Waals surface area contributed by atoms with Crippen LogP contribution >= 0.6 is 0 Å². The van der Waals surface area contributed by atoms with Crippen molar-refractivity contribution in [2.24, 2.45) is 0 Å². The predicted octanol–water partition coefficient (Wildman–Crippen LogP) is 16.5. The highest BCUT2D eigenvalue weighted by molar-refractivity contribution is 6.10. The Bertz CT molecular complexity index is 3270. The van der Waals surface area contributed by atoms with Crippen LogP contribution in [0.25, 0.3) is 88.3 Å². The van der Waals surface area contributed by atoms with E-state index in [9.17, 15) is 0 Å². The maximum absolute atomic E-state index is 6.52. The molecule has 2 heteroatoms. The van der Waals surface area contributed by atoms with E-state index in [0.717, 1.165) is 72.4 Å². The zero-order valence-corrected chi connectivity index (χ0v) is 32.9. The van der Waals surface area contributed by atoms with Gasteiger partial charge in [0.2, 0.25) is 0 Å². The van der Waals surface area contributed by atoms with E-state index in [1.54, 1.807) is 0 Å². The monoisotopic (exact) mass is 765 g/mol. The normalized spacial score (nSPS) is 11.3. The Morgan fingerprint density at radius 3 is 1.43 bits per heavy atom. The van der Waals surface area contributed by atoms with Crippen molar-refractivity contribution in [2.75, 3.05) is 4.90 Å². The largest absolute Gasteiger partial charge is 0.455 e. The first-order valence-corrected chi connectivity index (χ1v) is 20.5. The van der Waals surface area contributed by atoms with E-state index in [4.69, 9.17) is 4.42 Å². The van der Waals surface area contributed by atoms with Crippen LogP contribution < -0.4 is 4.90 Å². The molecular weight excluding hydrogens is 727 g/mol. The quantitative estimate of drug-likeness (QED) is 0.153. The summed E-state index contributed by atoms with van der Waals surface area (Å²) in [6, 6.07) is 84.8. The molecule has 2 nitrogen and oxygen atoms in total. The summed E-state index contributed by atoms with van der Waals surface area (Å²) in [5.41, 5.74) is 16.8. The lowest BCUT2D eigenvalue weighted by atomic mass is 9.90. The number of para-hydroxylation sites is 2. The van der Waals surface area contributed by atoms with E-state index in [0.29, 0.717) is 0 Å². The van der Waals surface area contributed by atoms with Crippen LogP contribution in [-0.2, 0) is 0 Å². The van der Waals surface area contributed by atoms with Gasteiger partial charge in [-0.2, -0.15) is 0 Å². The minimum Gasteiger partial charge on any atom is -0.455 e. The summed E-state index contributed by atoms with van der Waals surface area (Å²) in [6.45, 7) is 0. The van der Waals surface area contributed by atoms with Crippen molar-refractivity contribution in [3.05, 3.63) is 237 Å². The molecule has 0 atom stereocenters. The van der Waals surface area contributed by atoms with Crippen molar-refractivity contribution >= 4 is 49.8 Å². The van der Waals surface area contributed by atoms with Gasteiger partial charge in [-0.1, -0.05) is 188 Å². The van der Waals surface area contributed by atoms with Crippen LogP contribution in [0.4, 0.5) is 17.1 Å². The first kappa shape index (κ1) is 35.2. The highest BCUT2D eigenvalue weighted by Crippen LogP contribution is 2.43. The van der Waals surface area contributed by atoms with Crippen molar-refractivity contribution < 1.29 is 4.42 Å². The lowest BCUT2D eigenvalue weighted by Gasteiger charge is -2.26. The molecule has 1 heterocycles. The number of furan rings is 1. The predicted molar refractivity (Wildman–Crippen MR) is 253 cm³/mol. The van der Waals surface area contributed by atoms with Gasteiger partial charge in [0.25, 0.3) is 0 Å². The zero-order valence-electron chi connectivity index (χ0n) is 32.9. The zero-order chi connectivity index (χ0) is 39.8. The fourth-order valence-corrected chi connectivity index (χ4v) is 8.73. The molecule has 0 bridgehead atoms. The second kappa shape index (κ2) is 15.1. The molecule has 0 aliphatic rings. The van der Waals surface area contributed by atoms with Crippen molar-refractivity contribution in [1.29, 1.82) is 0 Å². The molecule has 0 radical (unpaired) electrons. The third kappa shape index (κ3) is 6.41. The molecule has 0 saturated carbocycles. The van der Waals surface area contributed by atoms with E-state index >= 15 is 0 Å². The number of benzene rings is 10. The van der Waals surface area contributed by atoms with Crippen LogP contribution in [0.15, 0.2) is 241 Å². The maximum atomic E-state index is 6.52. The van der Waals surface area contributed by atoms with Gasteiger partial charge in [-0.25, -0.2) is 0 Å². The summed E-state index contributed by atoms with van der Waals surface area (Å²) < 4.78 is 6.52. The smallest absolute Gasteiger partial charge is 0.143 e. The molecule has 0 amide bonds. The van der Waals surface area contributed by atoms with Crippen LogP contribution in [0.1, 0.15) is 0 Å². The SMILES string of the molecule is c1ccc(-c2ccc(N(c3ccc(-c4ccc(-c5cccc6c5oc5ccccc56)c(-c5ccccc5)c4)cc3)c3ccc(-c4cccc5ccccc45)cc3)cc2)cc1. The standard InChI is InChI=1S/C58H39NO/c1-3-13-40(14-4-1)41-25-32-47(33-26-41)59(49-36-29-45(30-37-49)51-21-11-18-43-17-7-8-19-50(43)51)48-34-27-42(28-35-48)46-31-38-52(56(39-46)44-15-5-2-6-16-44)54-22-12-23-55-53-20-9-10-24-57(53)60-58(54)55/h1-39H. The molecule has 282 valence electrons. The first-order chi connectivity index (χ1) is 29.7. The highest BCUT2D eigenvalue weighted by Gasteiger charge is 2.18. The Balaban J connectivity index is 0.986. The number of hydrogen-bond donors (Lipinski definition) is 0. The minimum atomic E-state index is 0.903. The van der Waals surface area contributed by atoms with Gasteiger partial charge in [0.05, 0.1) is 0 Å². The average molecular weight is 766 g/mol. The Morgan fingerprint density at radius 2 is 0.733 bits per heavy atom. The van der Waals surface area contributed by atoms with Crippen LogP contribution in [0.5, 0.6) is 0 Å². The summed E-state index contributed by atoms with van der Waals surface area (Å²) in [7, 11) is 0. The second-order valence-electron chi connectivity index (χ2n) is 15.3. The first-order valence-electron chi connectivity index (χ1n) is 20.5. The van der Waals surface area contributed by atoms with Crippen molar-refractivity contribution in [1.82, 2.24) is 0 Å². The van der Waals surface area contributed by atoms with Gasteiger partial charge < -0.3 is 9.32 Å². The van der Waals surface area contributed by atoms with Crippen molar-refractivity contribution in [3.63, 3.8) is 0 Å². The van der Waals surface area contributed by atoms with Gasteiger partial charge in [-0.05, 0) is 109 Å². The van der Waals surface area contributed by atoms with Gasteiger partial charge in [-0.3, -0.25) is 0 Å². The van der Waals surface area contributed by atoms with Gasteiger partial charge in [0.15, 0.2) is 0 Å². The fraction of sp³-hybridized carbons (Fsp3) is 0. The van der Waals surface area contributed by atoms with E-state index in [2.05, 4.69) is 229 Å². The summed E-state index contributed by atoms with van der Waals surface area (Å²) in [5, 5.41) is 4.76. The maximum Gasteiger partial charge on any atom is 0.143 e. The average Bonchev–Trinajstić information content (AvgIpc) is 3.72. The number of rotatable bonds is 8. The summed E-state index contributed by atoms with van der Waals surface area (Å²) in [5.74, 6) is 0. The third-order valence-electron chi connectivity index (χ3n) is 11.7. The van der Waals surface area contributed by atoms with E-state index < -0.39 is 0 Å². The van der Waals surface area contributed by atoms with Crippen LogP contribution in [-0.4, -0.2) is 0 Å². The molecular formula is C58H39NO. The lowest BCUT2D eigenvalue weighted by molar-refractivity contribution is 0.670. The topological polar surface area (TPSA) is 16.4 Å². The van der Waals surface area contributed by atoms with Crippen molar-refractivity contribution in [3.8, 4) is 55.6 Å². The minimum absolute atomic E-state index is 0.903. The molecule has 60 heavy (non-hydrogen) atoms. The van der Waals surface area contributed by atoms with Crippen LogP contribution in [0.2, 0.25) is 0 Å². The highest BCUT2D eigenvalue weighted by atomic mass is 16.3. The Kier molecular flexibility index (Phi) is 8.87. The van der Waals surface area contributed by atoms with E-state index in [1.807, 2.05) is 12.1 Å². The van der Waals surface area contributed by atoms with E-state index in [-0.39, 0.29) is 0 Å². The molecule has 11 rings (SSSR count). The Hall–Kier alpha value is -7.94. The van der Waals surface area contributed by atoms with Crippen LogP contribution in [0, 0.1) is 0 Å². The second-order valence-corrected chi connectivity index (χ2v) is 15.3. The molecule has 10 aromatic carbocycles. The number of nitrogens with zero attached hydrogens (tertiary/aromatic N) is 1. The number of anilines is 3. The fourth-order valence-electron chi connectivity index (χ4n) is 8.73. The lowest BCUT2D eigenvalue weighted by Crippen LogP contribution is -2.09. The molecule has 0 N–H and O–H groups in total.